The second-order valence-corrected chi connectivity index (χ2v) is 5.61. The van der Waals surface area contributed by atoms with Crippen LogP contribution in [0.4, 0.5) is 4.79 Å². The minimum Gasteiger partial charge on any atom is -0.450 e. The van der Waals surface area contributed by atoms with E-state index in [1.165, 1.54) is 0 Å². The van der Waals surface area contributed by atoms with Crippen molar-refractivity contribution in [2.75, 3.05) is 13.2 Å². The molecule has 1 aliphatic heterocycles. The summed E-state index contributed by atoms with van der Waals surface area (Å²) in [4.78, 5) is 16.9. The lowest BCUT2D eigenvalue weighted by atomic mass is 10.1. The zero-order valence-electron chi connectivity index (χ0n) is 11.0. The summed E-state index contributed by atoms with van der Waals surface area (Å²) in [6.45, 7) is 3.35. The van der Waals surface area contributed by atoms with Gasteiger partial charge >= 0.3 is 6.09 Å². The third-order valence-corrected chi connectivity index (χ3v) is 4.04. The zero-order chi connectivity index (χ0) is 14.3. The number of rotatable bonds is 1. The summed E-state index contributed by atoms with van der Waals surface area (Å²) in [7, 11) is 0. The summed E-state index contributed by atoms with van der Waals surface area (Å²) in [5.41, 5.74) is 3.07. The van der Waals surface area contributed by atoms with Crippen LogP contribution in [0.1, 0.15) is 18.2 Å². The third-order valence-electron chi connectivity index (χ3n) is 3.53. The van der Waals surface area contributed by atoms with Crippen molar-refractivity contribution in [1.29, 1.82) is 0 Å². The first-order chi connectivity index (χ1) is 9.60. The Bertz CT molecular complexity index is 681. The molecule has 20 heavy (non-hydrogen) atoms. The fourth-order valence-corrected chi connectivity index (χ4v) is 3.15. The van der Waals surface area contributed by atoms with Crippen LogP contribution in [0.15, 0.2) is 12.1 Å². The maximum Gasteiger partial charge on any atom is 0.410 e. The number of carbonyl (C=O) groups excluding carboxylic acids is 1. The highest BCUT2D eigenvalue weighted by Gasteiger charge is 2.25. The van der Waals surface area contributed by atoms with Crippen molar-refractivity contribution in [2.45, 2.75) is 19.9 Å². The highest BCUT2D eigenvalue weighted by atomic mass is 35.5. The Morgan fingerprint density at radius 2 is 2.25 bits per heavy atom. The number of hydrogen-bond acceptors (Lipinski definition) is 2. The van der Waals surface area contributed by atoms with E-state index in [1.54, 1.807) is 17.9 Å². The largest absolute Gasteiger partial charge is 0.450 e. The quantitative estimate of drug-likeness (QED) is 0.865. The molecular weight excluding hydrogens is 299 g/mol. The number of benzene rings is 1. The lowest BCUT2D eigenvalue weighted by Crippen LogP contribution is -2.36. The first-order valence-corrected chi connectivity index (χ1v) is 7.26. The van der Waals surface area contributed by atoms with Gasteiger partial charge in [-0.15, -0.1) is 0 Å². The molecule has 0 atom stereocenters. The summed E-state index contributed by atoms with van der Waals surface area (Å²) < 4.78 is 5.06. The molecular formula is C14H14Cl2N2O2. The van der Waals surface area contributed by atoms with Gasteiger partial charge in [0.25, 0.3) is 0 Å². The Labute approximate surface area is 126 Å². The second kappa shape index (κ2) is 5.19. The molecule has 0 saturated carbocycles. The van der Waals surface area contributed by atoms with Gasteiger partial charge in [-0.2, -0.15) is 0 Å². The summed E-state index contributed by atoms with van der Waals surface area (Å²) in [6.07, 6.45) is 0.483. The summed E-state index contributed by atoms with van der Waals surface area (Å²) in [5.74, 6) is 0. The van der Waals surface area contributed by atoms with E-state index in [9.17, 15) is 4.79 Å². The highest BCUT2D eigenvalue weighted by molar-refractivity contribution is 6.38. The van der Waals surface area contributed by atoms with Crippen molar-refractivity contribution in [1.82, 2.24) is 9.88 Å². The van der Waals surface area contributed by atoms with Gasteiger partial charge in [-0.25, -0.2) is 4.79 Å². The van der Waals surface area contributed by atoms with Crippen LogP contribution in [-0.2, 0) is 17.7 Å². The van der Waals surface area contributed by atoms with Crippen molar-refractivity contribution in [3.8, 4) is 0 Å². The number of ether oxygens (including phenoxy) is 1. The highest BCUT2D eigenvalue weighted by Crippen LogP contribution is 2.34. The van der Waals surface area contributed by atoms with Gasteiger partial charge in [-0.05, 0) is 19.1 Å². The fourth-order valence-electron chi connectivity index (χ4n) is 2.61. The van der Waals surface area contributed by atoms with Crippen LogP contribution in [0.3, 0.4) is 0 Å². The van der Waals surface area contributed by atoms with Gasteiger partial charge in [-0.1, -0.05) is 23.2 Å². The van der Waals surface area contributed by atoms with Crippen molar-refractivity contribution >= 4 is 40.2 Å². The number of H-pyrrole nitrogens is 1. The van der Waals surface area contributed by atoms with Crippen LogP contribution in [0.25, 0.3) is 10.9 Å². The average Bonchev–Trinajstić information content (AvgIpc) is 2.77. The van der Waals surface area contributed by atoms with Gasteiger partial charge in [0.2, 0.25) is 0 Å². The van der Waals surface area contributed by atoms with E-state index in [-0.39, 0.29) is 6.09 Å². The Hall–Kier alpha value is -1.39. The Kier molecular flexibility index (Phi) is 3.52. The minimum absolute atomic E-state index is 0.277. The molecule has 106 valence electrons. The van der Waals surface area contributed by atoms with Crippen LogP contribution in [0.5, 0.6) is 0 Å². The molecule has 0 bridgehead atoms. The normalized spacial score (nSPS) is 14.4. The molecule has 2 heterocycles. The number of aromatic amines is 1. The number of nitrogens with zero attached hydrogens (tertiary/aromatic N) is 1. The maximum absolute atomic E-state index is 11.8. The molecule has 0 aliphatic carbocycles. The first-order valence-electron chi connectivity index (χ1n) is 6.50. The monoisotopic (exact) mass is 312 g/mol. The van der Waals surface area contributed by atoms with E-state index >= 15 is 0 Å². The Balaban J connectivity index is 2.02. The van der Waals surface area contributed by atoms with E-state index in [4.69, 9.17) is 27.9 Å². The molecule has 6 heteroatoms. The Morgan fingerprint density at radius 3 is 3.00 bits per heavy atom. The molecule has 0 saturated heterocycles. The molecule has 0 spiro atoms. The number of carbonyl (C=O) groups is 1. The first kappa shape index (κ1) is 13.6. The van der Waals surface area contributed by atoms with Gasteiger partial charge < -0.3 is 14.6 Å². The molecule has 1 aromatic heterocycles. The molecule has 0 unspecified atom stereocenters. The number of aromatic nitrogens is 1. The average molecular weight is 313 g/mol. The van der Waals surface area contributed by atoms with Crippen LogP contribution in [0, 0.1) is 0 Å². The van der Waals surface area contributed by atoms with E-state index in [1.807, 2.05) is 6.07 Å². The predicted octanol–water partition coefficient (Wildman–Crippen LogP) is 3.99. The summed E-state index contributed by atoms with van der Waals surface area (Å²) >= 11 is 12.3. The number of halogens is 2. The topological polar surface area (TPSA) is 45.3 Å². The molecule has 2 aromatic rings. The summed E-state index contributed by atoms with van der Waals surface area (Å²) in [5, 5.41) is 2.17. The number of hydrogen-bond donors (Lipinski definition) is 1. The van der Waals surface area contributed by atoms with Crippen molar-refractivity contribution in [2.24, 2.45) is 0 Å². The fraction of sp³-hybridized carbons (Fsp3) is 0.357. The summed E-state index contributed by atoms with van der Waals surface area (Å²) in [6, 6.07) is 3.60. The molecule has 1 N–H and O–H groups in total. The van der Waals surface area contributed by atoms with Gasteiger partial charge in [-0.3, -0.25) is 0 Å². The number of fused-ring (bicyclic) bond motifs is 3. The zero-order valence-corrected chi connectivity index (χ0v) is 12.5. The van der Waals surface area contributed by atoms with E-state index in [0.29, 0.717) is 29.7 Å². The number of nitrogens with one attached hydrogen (secondary N) is 1. The molecule has 4 nitrogen and oxygen atoms in total. The maximum atomic E-state index is 11.8. The third kappa shape index (κ3) is 2.23. The van der Waals surface area contributed by atoms with E-state index in [0.717, 1.165) is 28.6 Å². The molecule has 0 fully saturated rings. The second-order valence-electron chi connectivity index (χ2n) is 4.76. The number of amides is 1. The standard InChI is InChI=1S/C14H14Cl2N2O2/c1-2-20-14(19)18-4-3-12-10(7-18)9-5-8(15)6-11(16)13(9)17-12/h5-6,17H,2-4,7H2,1H3. The van der Waals surface area contributed by atoms with Crippen molar-refractivity contribution < 1.29 is 9.53 Å². The van der Waals surface area contributed by atoms with Crippen molar-refractivity contribution in [3.63, 3.8) is 0 Å². The van der Waals surface area contributed by atoms with Crippen molar-refractivity contribution in [3.05, 3.63) is 33.4 Å². The molecule has 0 radical (unpaired) electrons. The van der Waals surface area contributed by atoms with Crippen LogP contribution >= 0.6 is 23.2 Å². The molecule has 1 amide bonds. The smallest absolute Gasteiger partial charge is 0.410 e. The van der Waals surface area contributed by atoms with Gasteiger partial charge in [0.05, 0.1) is 23.7 Å². The lowest BCUT2D eigenvalue weighted by Gasteiger charge is -2.26. The lowest BCUT2D eigenvalue weighted by molar-refractivity contribution is 0.103. The predicted molar refractivity (Wildman–Crippen MR) is 79.5 cm³/mol. The van der Waals surface area contributed by atoms with Crippen LogP contribution < -0.4 is 0 Å². The minimum atomic E-state index is -0.277. The Morgan fingerprint density at radius 1 is 1.45 bits per heavy atom. The van der Waals surface area contributed by atoms with E-state index < -0.39 is 0 Å². The SMILES string of the molecule is CCOC(=O)N1CCc2[nH]c3c(Cl)cc(Cl)cc3c2C1. The van der Waals surface area contributed by atoms with Crippen LogP contribution in [0.2, 0.25) is 10.0 Å². The van der Waals surface area contributed by atoms with Gasteiger partial charge in [0.15, 0.2) is 0 Å². The molecule has 3 rings (SSSR count). The van der Waals surface area contributed by atoms with Crippen LogP contribution in [-0.4, -0.2) is 29.1 Å². The van der Waals surface area contributed by atoms with Gasteiger partial charge in [0.1, 0.15) is 0 Å². The van der Waals surface area contributed by atoms with E-state index in [2.05, 4.69) is 4.98 Å². The molecule has 1 aromatic carbocycles. The molecule has 1 aliphatic rings. The van der Waals surface area contributed by atoms with Gasteiger partial charge in [0, 0.05) is 34.6 Å².